The van der Waals surface area contributed by atoms with Gasteiger partial charge >= 0.3 is 0 Å². The van der Waals surface area contributed by atoms with Gasteiger partial charge in [-0.3, -0.25) is 4.90 Å². The van der Waals surface area contributed by atoms with E-state index >= 15 is 0 Å². The van der Waals surface area contributed by atoms with Crippen molar-refractivity contribution in [2.75, 3.05) is 27.3 Å². The van der Waals surface area contributed by atoms with Crippen molar-refractivity contribution in [3.8, 4) is 0 Å². The third kappa shape index (κ3) is 3.40. The molecule has 0 amide bonds. The maximum atomic E-state index is 6.23. The minimum atomic E-state index is 0.0456. The highest BCUT2D eigenvalue weighted by atomic mass is 79.9. The summed E-state index contributed by atoms with van der Waals surface area (Å²) in [7, 11) is 3.47. The molecular weight excluding hydrogens is 320 g/mol. The summed E-state index contributed by atoms with van der Waals surface area (Å²) in [6.07, 6.45) is 0.216. The van der Waals surface area contributed by atoms with Crippen LogP contribution in [0.2, 0.25) is 0 Å². The van der Waals surface area contributed by atoms with Crippen molar-refractivity contribution in [1.29, 1.82) is 0 Å². The SMILES string of the molecule is COC1CN(C(c2ccc(Br)cc2)C(C)N)CC1OC. The molecule has 0 spiro atoms. The average Bonchev–Trinajstić information content (AvgIpc) is 2.83. The first-order valence-corrected chi connectivity index (χ1v) is 7.66. The molecule has 2 N–H and O–H groups in total. The van der Waals surface area contributed by atoms with Crippen molar-refractivity contribution < 1.29 is 9.47 Å². The van der Waals surface area contributed by atoms with Gasteiger partial charge in [0.1, 0.15) is 0 Å². The molecule has 1 aliphatic rings. The summed E-state index contributed by atoms with van der Waals surface area (Å²) >= 11 is 3.47. The Labute approximate surface area is 129 Å². The van der Waals surface area contributed by atoms with Crippen molar-refractivity contribution in [1.82, 2.24) is 4.90 Å². The van der Waals surface area contributed by atoms with E-state index in [0.717, 1.165) is 17.6 Å². The number of benzene rings is 1. The van der Waals surface area contributed by atoms with E-state index in [1.54, 1.807) is 14.2 Å². The summed E-state index contributed by atoms with van der Waals surface area (Å²) in [6, 6.07) is 8.59. The van der Waals surface area contributed by atoms with E-state index in [1.807, 2.05) is 0 Å². The first kappa shape index (κ1) is 15.9. The lowest BCUT2D eigenvalue weighted by molar-refractivity contribution is -0.00461. The molecule has 20 heavy (non-hydrogen) atoms. The van der Waals surface area contributed by atoms with Crippen LogP contribution in [0.4, 0.5) is 0 Å². The molecule has 0 saturated carbocycles. The maximum Gasteiger partial charge on any atom is 0.0972 e. The fourth-order valence-corrected chi connectivity index (χ4v) is 3.22. The fraction of sp³-hybridized carbons (Fsp3) is 0.600. The van der Waals surface area contributed by atoms with E-state index in [-0.39, 0.29) is 24.3 Å². The van der Waals surface area contributed by atoms with Gasteiger partial charge in [-0.1, -0.05) is 28.1 Å². The molecule has 1 heterocycles. The number of ether oxygens (including phenoxy) is 2. The van der Waals surface area contributed by atoms with Gasteiger partial charge < -0.3 is 15.2 Å². The van der Waals surface area contributed by atoms with Crippen molar-refractivity contribution in [3.63, 3.8) is 0 Å². The third-order valence-corrected chi connectivity index (χ3v) is 4.48. The summed E-state index contributed by atoms with van der Waals surface area (Å²) in [4.78, 5) is 2.36. The van der Waals surface area contributed by atoms with Crippen molar-refractivity contribution >= 4 is 15.9 Å². The predicted octanol–water partition coefficient (Wildman–Crippen LogP) is 2.18. The zero-order valence-corrected chi connectivity index (χ0v) is 13.8. The monoisotopic (exact) mass is 342 g/mol. The van der Waals surface area contributed by atoms with E-state index < -0.39 is 0 Å². The Morgan fingerprint density at radius 2 is 1.65 bits per heavy atom. The molecule has 1 fully saturated rings. The van der Waals surface area contributed by atoms with E-state index in [1.165, 1.54) is 5.56 Å². The Balaban J connectivity index is 2.20. The number of hydrogen-bond donors (Lipinski definition) is 1. The molecule has 0 bridgehead atoms. The molecule has 1 aromatic carbocycles. The minimum Gasteiger partial charge on any atom is -0.377 e. The molecule has 4 nitrogen and oxygen atoms in total. The Morgan fingerprint density at radius 1 is 1.15 bits per heavy atom. The van der Waals surface area contributed by atoms with Crippen LogP contribution in [0.5, 0.6) is 0 Å². The largest absolute Gasteiger partial charge is 0.377 e. The van der Waals surface area contributed by atoms with Crippen LogP contribution >= 0.6 is 15.9 Å². The second-order valence-corrected chi connectivity index (χ2v) is 6.27. The molecule has 0 radical (unpaired) electrons. The highest BCUT2D eigenvalue weighted by molar-refractivity contribution is 9.10. The van der Waals surface area contributed by atoms with E-state index in [0.29, 0.717) is 0 Å². The second-order valence-electron chi connectivity index (χ2n) is 5.36. The van der Waals surface area contributed by atoms with E-state index in [9.17, 15) is 0 Å². The van der Waals surface area contributed by atoms with Crippen LogP contribution < -0.4 is 5.73 Å². The van der Waals surface area contributed by atoms with Crippen molar-refractivity contribution in [3.05, 3.63) is 34.3 Å². The van der Waals surface area contributed by atoms with Crippen molar-refractivity contribution in [2.24, 2.45) is 5.73 Å². The number of methoxy groups -OCH3 is 2. The van der Waals surface area contributed by atoms with Gasteiger partial charge in [0.25, 0.3) is 0 Å². The zero-order valence-electron chi connectivity index (χ0n) is 12.3. The summed E-state index contributed by atoms with van der Waals surface area (Å²) in [5, 5.41) is 0. The topological polar surface area (TPSA) is 47.7 Å². The predicted molar refractivity (Wildman–Crippen MR) is 83.7 cm³/mol. The zero-order chi connectivity index (χ0) is 14.7. The standard InChI is InChI=1S/C15H23BrN2O2/c1-10(17)15(11-4-6-12(16)7-5-11)18-8-13(19-2)14(9-18)20-3/h4-7,10,13-15H,8-9,17H2,1-3H3. The number of halogens is 1. The van der Waals surface area contributed by atoms with Gasteiger partial charge in [0.15, 0.2) is 0 Å². The highest BCUT2D eigenvalue weighted by Crippen LogP contribution is 2.30. The molecule has 112 valence electrons. The Bertz CT molecular complexity index is 412. The van der Waals surface area contributed by atoms with Gasteiger partial charge in [0, 0.05) is 43.9 Å². The molecule has 1 aromatic rings. The first-order chi connectivity index (χ1) is 9.56. The Hall–Kier alpha value is -0.460. The molecule has 1 aliphatic heterocycles. The maximum absolute atomic E-state index is 6.23. The smallest absolute Gasteiger partial charge is 0.0972 e. The molecule has 4 atom stereocenters. The minimum absolute atomic E-state index is 0.0456. The van der Waals surface area contributed by atoms with Gasteiger partial charge in [-0.15, -0.1) is 0 Å². The van der Waals surface area contributed by atoms with Crippen LogP contribution in [-0.2, 0) is 9.47 Å². The highest BCUT2D eigenvalue weighted by Gasteiger charge is 2.38. The number of hydrogen-bond acceptors (Lipinski definition) is 4. The molecule has 1 saturated heterocycles. The number of likely N-dealkylation sites (tertiary alicyclic amines) is 1. The van der Waals surface area contributed by atoms with Crippen LogP contribution in [0.25, 0.3) is 0 Å². The third-order valence-electron chi connectivity index (χ3n) is 3.95. The summed E-state index contributed by atoms with van der Waals surface area (Å²) < 4.78 is 12.1. The molecule has 0 aromatic heterocycles. The molecule has 4 unspecified atom stereocenters. The lowest BCUT2D eigenvalue weighted by Gasteiger charge is -2.31. The van der Waals surface area contributed by atoms with Crippen LogP contribution in [0.1, 0.15) is 18.5 Å². The van der Waals surface area contributed by atoms with Gasteiger partial charge in [0.2, 0.25) is 0 Å². The number of nitrogens with zero attached hydrogens (tertiary/aromatic N) is 1. The Kier molecular flexibility index (Phi) is 5.57. The van der Waals surface area contributed by atoms with E-state index in [2.05, 4.69) is 52.0 Å². The fourth-order valence-electron chi connectivity index (χ4n) is 2.96. The second kappa shape index (κ2) is 7.00. The average molecular weight is 343 g/mol. The summed E-state index contributed by atoms with van der Waals surface area (Å²) in [5.74, 6) is 0. The van der Waals surface area contributed by atoms with Crippen LogP contribution in [0, 0.1) is 0 Å². The van der Waals surface area contributed by atoms with E-state index in [4.69, 9.17) is 15.2 Å². The van der Waals surface area contributed by atoms with Gasteiger partial charge in [-0.05, 0) is 24.6 Å². The lowest BCUT2D eigenvalue weighted by atomic mass is 10.00. The van der Waals surface area contributed by atoms with Crippen LogP contribution in [0.15, 0.2) is 28.7 Å². The summed E-state index contributed by atoms with van der Waals surface area (Å²) in [5.41, 5.74) is 7.46. The quantitative estimate of drug-likeness (QED) is 0.890. The van der Waals surface area contributed by atoms with Crippen LogP contribution in [0.3, 0.4) is 0 Å². The molecule has 5 heteroatoms. The van der Waals surface area contributed by atoms with Crippen molar-refractivity contribution in [2.45, 2.75) is 31.2 Å². The molecule has 0 aliphatic carbocycles. The van der Waals surface area contributed by atoms with Gasteiger partial charge in [-0.25, -0.2) is 0 Å². The van der Waals surface area contributed by atoms with Gasteiger partial charge in [-0.2, -0.15) is 0 Å². The summed E-state index contributed by atoms with van der Waals surface area (Å²) in [6.45, 7) is 3.74. The van der Waals surface area contributed by atoms with Gasteiger partial charge in [0.05, 0.1) is 12.2 Å². The lowest BCUT2D eigenvalue weighted by Crippen LogP contribution is -2.39. The first-order valence-electron chi connectivity index (χ1n) is 6.87. The molecule has 2 rings (SSSR count). The number of rotatable bonds is 5. The molecular formula is C15H23BrN2O2. The normalized spacial score (nSPS) is 26.6. The number of nitrogens with two attached hydrogens (primary N) is 1. The Morgan fingerprint density at radius 3 is 2.05 bits per heavy atom. The van der Waals surface area contributed by atoms with Crippen LogP contribution in [-0.4, -0.2) is 50.5 Å².